The van der Waals surface area contributed by atoms with Gasteiger partial charge in [0.05, 0.1) is 23.1 Å². The fourth-order valence-electron chi connectivity index (χ4n) is 2.51. The molecule has 1 atom stereocenters. The number of nitriles is 1. The number of oxime groups is 1. The van der Waals surface area contributed by atoms with Crippen LogP contribution in [0.1, 0.15) is 23.1 Å². The minimum Gasteiger partial charge on any atom is -0.382 e. The summed E-state index contributed by atoms with van der Waals surface area (Å²) in [6, 6.07) is 13.6. The maximum atomic E-state index is 13.3. The molecule has 0 saturated carbocycles. The first-order valence-electron chi connectivity index (χ1n) is 7.88. The lowest BCUT2D eigenvalue weighted by molar-refractivity contribution is -0.129. The predicted molar refractivity (Wildman–Crippen MR) is 94.4 cm³/mol. The summed E-state index contributed by atoms with van der Waals surface area (Å²) in [6.45, 7) is 0. The predicted octanol–water partition coefficient (Wildman–Crippen LogP) is 1.84. The van der Waals surface area contributed by atoms with E-state index in [2.05, 4.69) is 5.16 Å². The molecule has 1 amide bonds. The van der Waals surface area contributed by atoms with Crippen molar-refractivity contribution in [2.75, 3.05) is 0 Å². The van der Waals surface area contributed by atoms with Gasteiger partial charge in [-0.1, -0.05) is 29.4 Å². The van der Waals surface area contributed by atoms with E-state index in [1.807, 2.05) is 10.8 Å². The molecular weight excluding hydrogens is 373 g/mol. The summed E-state index contributed by atoms with van der Waals surface area (Å²) in [4.78, 5) is 17.2. The second-order valence-electron chi connectivity index (χ2n) is 5.88. The van der Waals surface area contributed by atoms with Crippen molar-refractivity contribution in [2.45, 2.75) is 18.3 Å². The summed E-state index contributed by atoms with van der Waals surface area (Å²) in [5, 5.41) is 12.5. The number of hydrogen-bond donors (Lipinski definition) is 1. The molecular formula is C18H14FN3O4S. The number of sulfonamides is 1. The summed E-state index contributed by atoms with van der Waals surface area (Å²) in [5.41, 5.74) is 1.66. The Labute approximate surface area is 155 Å². The van der Waals surface area contributed by atoms with Gasteiger partial charge in [0.1, 0.15) is 5.82 Å². The van der Waals surface area contributed by atoms with Crippen LogP contribution < -0.4 is 4.72 Å². The number of hydrogen-bond acceptors (Lipinski definition) is 6. The highest BCUT2D eigenvalue weighted by Crippen LogP contribution is 2.18. The molecule has 7 nitrogen and oxygen atoms in total. The fourth-order valence-corrected chi connectivity index (χ4v) is 3.65. The number of benzene rings is 2. The quantitative estimate of drug-likeness (QED) is 0.842. The van der Waals surface area contributed by atoms with Crippen LogP contribution in [0.4, 0.5) is 4.39 Å². The minimum atomic E-state index is -3.95. The largest absolute Gasteiger partial charge is 0.382 e. The molecule has 1 N–H and O–H groups in total. The van der Waals surface area contributed by atoms with Crippen LogP contribution in [-0.2, 0) is 25.4 Å². The first-order chi connectivity index (χ1) is 12.9. The van der Waals surface area contributed by atoms with Crippen molar-refractivity contribution in [1.29, 1.82) is 5.26 Å². The standard InChI is InChI=1S/C18H14FN3O4S/c19-15-3-1-2-14(8-15)16-9-17(26-21-16)18(23)22-27(24,25)11-13-6-4-12(10-20)5-7-13/h1-8,17H,9,11H2,(H,22,23)/t17-/m0/s1. The second kappa shape index (κ2) is 7.55. The van der Waals surface area contributed by atoms with Crippen molar-refractivity contribution in [1.82, 2.24) is 4.72 Å². The average molecular weight is 387 g/mol. The summed E-state index contributed by atoms with van der Waals surface area (Å²) < 4.78 is 39.6. The van der Waals surface area contributed by atoms with Crippen molar-refractivity contribution < 1.29 is 22.4 Å². The van der Waals surface area contributed by atoms with Gasteiger partial charge in [-0.3, -0.25) is 4.79 Å². The topological polar surface area (TPSA) is 109 Å². The molecule has 0 aromatic heterocycles. The summed E-state index contributed by atoms with van der Waals surface area (Å²) in [6.07, 6.45) is -1.08. The molecule has 2 aromatic carbocycles. The molecule has 1 aliphatic rings. The molecule has 27 heavy (non-hydrogen) atoms. The molecule has 0 fully saturated rings. The Balaban J connectivity index is 1.61. The smallest absolute Gasteiger partial charge is 0.277 e. The van der Waals surface area contributed by atoms with E-state index < -0.39 is 33.6 Å². The lowest BCUT2D eigenvalue weighted by atomic mass is 10.0. The Morgan fingerprint density at radius 1 is 1.30 bits per heavy atom. The maximum Gasteiger partial charge on any atom is 0.277 e. The molecule has 138 valence electrons. The minimum absolute atomic E-state index is 0.0294. The number of carbonyl (C=O) groups is 1. The number of halogens is 1. The third kappa shape index (κ3) is 4.68. The van der Waals surface area contributed by atoms with Crippen LogP contribution in [0.5, 0.6) is 0 Å². The number of rotatable bonds is 5. The van der Waals surface area contributed by atoms with Crippen LogP contribution in [-0.4, -0.2) is 26.1 Å². The van der Waals surface area contributed by atoms with E-state index in [1.165, 1.54) is 42.5 Å². The summed E-state index contributed by atoms with van der Waals surface area (Å²) in [5.74, 6) is -1.72. The van der Waals surface area contributed by atoms with Gasteiger partial charge in [-0.25, -0.2) is 17.5 Å². The lowest BCUT2D eigenvalue weighted by Crippen LogP contribution is -2.39. The zero-order valence-corrected chi connectivity index (χ0v) is 14.7. The molecule has 9 heteroatoms. The van der Waals surface area contributed by atoms with E-state index in [4.69, 9.17) is 10.1 Å². The summed E-state index contributed by atoms with van der Waals surface area (Å²) in [7, 11) is -3.95. The van der Waals surface area contributed by atoms with E-state index in [-0.39, 0.29) is 6.42 Å². The Bertz CT molecular complexity index is 1040. The van der Waals surface area contributed by atoms with E-state index in [1.54, 1.807) is 6.07 Å². The molecule has 0 saturated heterocycles. The zero-order chi connectivity index (χ0) is 19.4. The van der Waals surface area contributed by atoms with Gasteiger partial charge >= 0.3 is 0 Å². The van der Waals surface area contributed by atoms with Crippen LogP contribution in [0, 0.1) is 17.1 Å². The van der Waals surface area contributed by atoms with Crippen LogP contribution in [0.25, 0.3) is 0 Å². The molecule has 3 rings (SSSR count). The Kier molecular flexibility index (Phi) is 5.19. The molecule has 1 aliphatic heterocycles. The molecule has 0 aliphatic carbocycles. The van der Waals surface area contributed by atoms with E-state index in [0.717, 1.165) is 0 Å². The van der Waals surface area contributed by atoms with Gasteiger partial charge in [0.2, 0.25) is 16.1 Å². The summed E-state index contributed by atoms with van der Waals surface area (Å²) >= 11 is 0. The Morgan fingerprint density at radius 2 is 2.04 bits per heavy atom. The molecule has 2 aromatic rings. The highest BCUT2D eigenvalue weighted by molar-refractivity contribution is 7.89. The van der Waals surface area contributed by atoms with Crippen LogP contribution in [0.3, 0.4) is 0 Å². The zero-order valence-electron chi connectivity index (χ0n) is 13.9. The fraction of sp³-hybridized carbons (Fsp3) is 0.167. The van der Waals surface area contributed by atoms with Gasteiger partial charge in [0.25, 0.3) is 5.91 Å². The van der Waals surface area contributed by atoms with Crippen molar-refractivity contribution in [3.8, 4) is 6.07 Å². The van der Waals surface area contributed by atoms with E-state index in [9.17, 15) is 17.6 Å². The number of carbonyl (C=O) groups excluding carboxylic acids is 1. The van der Waals surface area contributed by atoms with Gasteiger partial charge in [-0.05, 0) is 29.8 Å². The van der Waals surface area contributed by atoms with Gasteiger partial charge in [0, 0.05) is 12.0 Å². The van der Waals surface area contributed by atoms with Crippen molar-refractivity contribution in [2.24, 2.45) is 5.16 Å². The van der Waals surface area contributed by atoms with Gasteiger partial charge < -0.3 is 4.84 Å². The molecule has 0 unspecified atom stereocenters. The Morgan fingerprint density at radius 3 is 2.70 bits per heavy atom. The van der Waals surface area contributed by atoms with E-state index >= 15 is 0 Å². The highest BCUT2D eigenvalue weighted by Gasteiger charge is 2.31. The number of amides is 1. The van der Waals surface area contributed by atoms with Gasteiger partial charge in [0.15, 0.2) is 0 Å². The van der Waals surface area contributed by atoms with Gasteiger partial charge in [-0.15, -0.1) is 0 Å². The molecule has 1 heterocycles. The van der Waals surface area contributed by atoms with Crippen molar-refractivity contribution in [3.63, 3.8) is 0 Å². The van der Waals surface area contributed by atoms with Crippen LogP contribution in [0.2, 0.25) is 0 Å². The lowest BCUT2D eigenvalue weighted by Gasteiger charge is -2.10. The maximum absolute atomic E-state index is 13.3. The van der Waals surface area contributed by atoms with Gasteiger partial charge in [-0.2, -0.15) is 5.26 Å². The first kappa shape index (κ1) is 18.5. The van der Waals surface area contributed by atoms with Crippen LogP contribution >= 0.6 is 0 Å². The third-order valence-corrected chi connectivity index (χ3v) is 5.04. The third-order valence-electron chi connectivity index (χ3n) is 3.81. The molecule has 0 bridgehead atoms. The molecule has 0 spiro atoms. The highest BCUT2D eigenvalue weighted by atomic mass is 32.2. The second-order valence-corrected chi connectivity index (χ2v) is 7.60. The molecule has 0 radical (unpaired) electrons. The van der Waals surface area contributed by atoms with Crippen LogP contribution in [0.15, 0.2) is 53.7 Å². The average Bonchev–Trinajstić information content (AvgIpc) is 3.12. The monoisotopic (exact) mass is 387 g/mol. The van der Waals surface area contributed by atoms with E-state index in [0.29, 0.717) is 22.4 Å². The van der Waals surface area contributed by atoms with Crippen molar-refractivity contribution in [3.05, 3.63) is 71.0 Å². The number of nitrogens with zero attached hydrogens (tertiary/aromatic N) is 2. The number of nitrogens with one attached hydrogen (secondary N) is 1. The SMILES string of the molecule is N#Cc1ccc(CS(=O)(=O)NC(=O)[C@@H]2CC(c3cccc(F)c3)=NO2)cc1. The Hall–Kier alpha value is -3.25. The van der Waals surface area contributed by atoms with Crippen molar-refractivity contribution >= 4 is 21.6 Å². The first-order valence-corrected chi connectivity index (χ1v) is 9.53. The normalized spacial score (nSPS) is 16.1.